The van der Waals surface area contributed by atoms with Crippen LogP contribution in [-0.4, -0.2) is 14.8 Å². The largest absolute Gasteiger partial charge is 0.379 e. The van der Waals surface area contributed by atoms with Gasteiger partial charge in [-0.3, -0.25) is 9.78 Å². The van der Waals surface area contributed by atoms with E-state index in [4.69, 9.17) is 0 Å². The van der Waals surface area contributed by atoms with E-state index in [2.05, 4.69) is 37.9 Å². The molecule has 0 atom stereocenters. The lowest BCUT2D eigenvalue weighted by atomic mass is 10.3. The van der Waals surface area contributed by atoms with Crippen LogP contribution in [0.1, 0.15) is 5.56 Å². The first-order chi connectivity index (χ1) is 9.22. The van der Waals surface area contributed by atoms with Gasteiger partial charge in [0.2, 0.25) is 0 Å². The number of nitrogens with one attached hydrogen (secondary N) is 1. The number of anilines is 1. The molecule has 0 aromatic carbocycles. The van der Waals surface area contributed by atoms with Gasteiger partial charge in [0, 0.05) is 18.9 Å². The quantitative estimate of drug-likeness (QED) is 0.858. The second-order valence-corrected chi connectivity index (χ2v) is 4.66. The van der Waals surface area contributed by atoms with Crippen LogP contribution in [0, 0.1) is 0 Å². The van der Waals surface area contributed by atoms with Gasteiger partial charge in [0.05, 0.1) is 18.4 Å². The molecular formula is C13H13BrN4O. The van der Waals surface area contributed by atoms with E-state index in [9.17, 15) is 4.79 Å². The second-order valence-electron chi connectivity index (χ2n) is 3.86. The predicted octanol–water partition coefficient (Wildman–Crippen LogP) is 2.20. The Morgan fingerprint density at radius 1 is 1.47 bits per heavy atom. The Kier molecular flexibility index (Phi) is 4.46. The van der Waals surface area contributed by atoms with Crippen molar-refractivity contribution in [1.82, 2.24) is 14.8 Å². The minimum absolute atomic E-state index is 0.184. The molecule has 0 bridgehead atoms. The molecule has 0 amide bonds. The van der Waals surface area contributed by atoms with Crippen LogP contribution >= 0.6 is 15.9 Å². The molecule has 0 aliphatic carbocycles. The lowest BCUT2D eigenvalue weighted by molar-refractivity contribution is 0.649. The molecule has 0 unspecified atom stereocenters. The Balaban J connectivity index is 2.16. The molecule has 6 heteroatoms. The molecule has 0 aliphatic heterocycles. The van der Waals surface area contributed by atoms with E-state index in [1.165, 1.54) is 4.68 Å². The van der Waals surface area contributed by atoms with Crippen molar-refractivity contribution < 1.29 is 0 Å². The molecule has 2 heterocycles. The average molecular weight is 321 g/mol. The topological polar surface area (TPSA) is 59.8 Å². The standard InChI is InChI=1S/C13H13BrN4O/c1-2-6-18-13(19)12(14)11(9-17-18)16-8-10-4-3-5-15-7-10/h2-5,7,9,16H,1,6,8H2. The van der Waals surface area contributed by atoms with Crippen LogP contribution in [0.25, 0.3) is 0 Å². The first-order valence-corrected chi connectivity index (χ1v) is 6.51. The van der Waals surface area contributed by atoms with Crippen LogP contribution in [0.15, 0.2) is 52.6 Å². The fourth-order valence-electron chi connectivity index (χ4n) is 1.54. The maximum Gasteiger partial charge on any atom is 0.283 e. The molecule has 98 valence electrons. The van der Waals surface area contributed by atoms with Gasteiger partial charge in [-0.2, -0.15) is 5.10 Å². The van der Waals surface area contributed by atoms with Crippen molar-refractivity contribution in [3.63, 3.8) is 0 Å². The number of aromatic nitrogens is 3. The molecule has 2 rings (SSSR count). The molecule has 1 N–H and O–H groups in total. The fourth-order valence-corrected chi connectivity index (χ4v) is 1.99. The van der Waals surface area contributed by atoms with Gasteiger partial charge >= 0.3 is 0 Å². The number of halogens is 1. The van der Waals surface area contributed by atoms with Crippen LogP contribution < -0.4 is 10.9 Å². The van der Waals surface area contributed by atoms with E-state index in [1.54, 1.807) is 24.7 Å². The summed E-state index contributed by atoms with van der Waals surface area (Å²) in [6, 6.07) is 3.83. The highest BCUT2D eigenvalue weighted by Gasteiger charge is 2.07. The lowest BCUT2D eigenvalue weighted by Gasteiger charge is -2.09. The third-order valence-electron chi connectivity index (χ3n) is 2.49. The Morgan fingerprint density at radius 2 is 2.32 bits per heavy atom. The summed E-state index contributed by atoms with van der Waals surface area (Å²) in [6.07, 6.45) is 6.74. The maximum absolute atomic E-state index is 11.9. The number of pyridine rings is 1. The van der Waals surface area contributed by atoms with Crippen LogP contribution in [-0.2, 0) is 13.1 Å². The molecule has 0 saturated carbocycles. The Hall–Kier alpha value is -1.95. The van der Waals surface area contributed by atoms with Gasteiger partial charge in [0.15, 0.2) is 0 Å². The van der Waals surface area contributed by atoms with Crippen molar-refractivity contribution in [2.75, 3.05) is 5.32 Å². The summed E-state index contributed by atoms with van der Waals surface area (Å²) in [6.45, 7) is 4.56. The minimum atomic E-state index is -0.184. The number of rotatable bonds is 5. The molecule has 0 saturated heterocycles. The average Bonchev–Trinajstić information content (AvgIpc) is 2.44. The molecule has 2 aromatic rings. The van der Waals surface area contributed by atoms with E-state index >= 15 is 0 Å². The third-order valence-corrected chi connectivity index (χ3v) is 3.26. The normalized spacial score (nSPS) is 10.2. The van der Waals surface area contributed by atoms with Crippen molar-refractivity contribution in [2.24, 2.45) is 0 Å². The summed E-state index contributed by atoms with van der Waals surface area (Å²) in [5, 5.41) is 7.22. The summed E-state index contributed by atoms with van der Waals surface area (Å²) in [5.74, 6) is 0. The van der Waals surface area contributed by atoms with Crippen LogP contribution in [0.4, 0.5) is 5.69 Å². The van der Waals surface area contributed by atoms with Gasteiger partial charge in [0.25, 0.3) is 5.56 Å². The minimum Gasteiger partial charge on any atom is -0.379 e. The van der Waals surface area contributed by atoms with Gasteiger partial charge in [-0.05, 0) is 27.6 Å². The highest BCUT2D eigenvalue weighted by Crippen LogP contribution is 2.16. The van der Waals surface area contributed by atoms with Gasteiger partial charge in [-0.1, -0.05) is 12.1 Å². The lowest BCUT2D eigenvalue weighted by Crippen LogP contribution is -2.23. The first kappa shape index (κ1) is 13.5. The zero-order valence-corrected chi connectivity index (χ0v) is 11.8. The van der Waals surface area contributed by atoms with E-state index in [0.29, 0.717) is 23.2 Å². The molecule has 0 spiro atoms. The molecule has 0 aliphatic rings. The first-order valence-electron chi connectivity index (χ1n) is 5.71. The van der Waals surface area contributed by atoms with Crippen LogP contribution in [0.5, 0.6) is 0 Å². The number of hydrogen-bond donors (Lipinski definition) is 1. The molecule has 5 nitrogen and oxygen atoms in total. The SMILES string of the molecule is C=CCn1ncc(NCc2cccnc2)c(Br)c1=O. The monoisotopic (exact) mass is 320 g/mol. The summed E-state index contributed by atoms with van der Waals surface area (Å²) < 4.78 is 1.81. The van der Waals surface area contributed by atoms with E-state index < -0.39 is 0 Å². The number of hydrogen-bond acceptors (Lipinski definition) is 4. The predicted molar refractivity (Wildman–Crippen MR) is 78.0 cm³/mol. The molecular weight excluding hydrogens is 308 g/mol. The second kappa shape index (κ2) is 6.29. The van der Waals surface area contributed by atoms with Crippen molar-refractivity contribution >= 4 is 21.6 Å². The van der Waals surface area contributed by atoms with Crippen molar-refractivity contribution in [3.8, 4) is 0 Å². The summed E-state index contributed by atoms with van der Waals surface area (Å²) in [7, 11) is 0. The number of nitrogens with zero attached hydrogens (tertiary/aromatic N) is 3. The molecule has 0 radical (unpaired) electrons. The Morgan fingerprint density at radius 3 is 3.00 bits per heavy atom. The van der Waals surface area contributed by atoms with Crippen molar-refractivity contribution in [3.05, 3.63) is 63.8 Å². The third kappa shape index (κ3) is 3.29. The summed E-state index contributed by atoms with van der Waals surface area (Å²) >= 11 is 3.29. The number of allylic oxidation sites excluding steroid dienone is 1. The zero-order chi connectivity index (χ0) is 13.7. The molecule has 19 heavy (non-hydrogen) atoms. The van der Waals surface area contributed by atoms with Gasteiger partial charge in [0.1, 0.15) is 4.47 Å². The molecule has 0 fully saturated rings. The van der Waals surface area contributed by atoms with Gasteiger partial charge < -0.3 is 5.32 Å². The van der Waals surface area contributed by atoms with Crippen molar-refractivity contribution in [2.45, 2.75) is 13.1 Å². The fraction of sp³-hybridized carbons (Fsp3) is 0.154. The van der Waals surface area contributed by atoms with Gasteiger partial charge in [-0.25, -0.2) is 4.68 Å². The zero-order valence-electron chi connectivity index (χ0n) is 10.2. The van der Waals surface area contributed by atoms with Crippen molar-refractivity contribution in [1.29, 1.82) is 0 Å². The van der Waals surface area contributed by atoms with Gasteiger partial charge in [-0.15, -0.1) is 6.58 Å². The summed E-state index contributed by atoms with van der Waals surface area (Å²) in [4.78, 5) is 16.0. The highest BCUT2D eigenvalue weighted by atomic mass is 79.9. The Bertz CT molecular complexity index is 624. The highest BCUT2D eigenvalue weighted by molar-refractivity contribution is 9.10. The molecule has 2 aromatic heterocycles. The van der Waals surface area contributed by atoms with E-state index in [-0.39, 0.29) is 5.56 Å². The smallest absolute Gasteiger partial charge is 0.283 e. The van der Waals surface area contributed by atoms with E-state index in [0.717, 1.165) is 5.56 Å². The Labute approximate surface area is 119 Å². The van der Waals surface area contributed by atoms with E-state index in [1.807, 2.05) is 12.1 Å². The van der Waals surface area contributed by atoms with Crippen LogP contribution in [0.2, 0.25) is 0 Å². The maximum atomic E-state index is 11.9. The summed E-state index contributed by atoms with van der Waals surface area (Å²) in [5.41, 5.74) is 1.51. The van der Waals surface area contributed by atoms with Crippen LogP contribution in [0.3, 0.4) is 0 Å².